The van der Waals surface area contributed by atoms with E-state index in [0.29, 0.717) is 40.8 Å². The van der Waals surface area contributed by atoms with E-state index in [4.69, 9.17) is 5.73 Å². The average molecular weight is 403 g/mol. The van der Waals surface area contributed by atoms with Crippen molar-refractivity contribution in [3.05, 3.63) is 136 Å². The summed E-state index contributed by atoms with van der Waals surface area (Å²) in [4.78, 5) is 27.2. The van der Waals surface area contributed by atoms with E-state index in [1.165, 1.54) is 0 Å². The molecule has 0 fully saturated rings. The second kappa shape index (κ2) is 7.69. The molecule has 0 bridgehead atoms. The number of hydrogen-bond donors (Lipinski definition) is 1. The van der Waals surface area contributed by atoms with E-state index in [1.807, 2.05) is 66.7 Å². The van der Waals surface area contributed by atoms with Gasteiger partial charge in [-0.15, -0.1) is 0 Å². The highest BCUT2D eigenvalue weighted by Crippen LogP contribution is 2.36. The van der Waals surface area contributed by atoms with E-state index in [1.54, 1.807) is 24.3 Å². The highest BCUT2D eigenvalue weighted by molar-refractivity contribution is 6.29. The highest BCUT2D eigenvalue weighted by Gasteiger charge is 2.34. The number of benzene rings is 4. The van der Waals surface area contributed by atoms with Crippen LogP contribution in [0, 0.1) is 0 Å². The molecule has 0 radical (unpaired) electrons. The van der Waals surface area contributed by atoms with Crippen molar-refractivity contribution in [1.29, 1.82) is 0 Å². The Bertz CT molecular complexity index is 1310. The monoisotopic (exact) mass is 403 g/mol. The molecule has 4 aromatic carbocycles. The summed E-state index contributed by atoms with van der Waals surface area (Å²) in [6.45, 7) is 0. The van der Waals surface area contributed by atoms with E-state index in [-0.39, 0.29) is 11.6 Å². The van der Waals surface area contributed by atoms with Gasteiger partial charge >= 0.3 is 0 Å². The van der Waals surface area contributed by atoms with Crippen LogP contribution in [0.2, 0.25) is 0 Å². The van der Waals surface area contributed by atoms with Crippen molar-refractivity contribution in [3.8, 4) is 0 Å². The fraction of sp³-hybridized carbons (Fsp3) is 0.0714. The Morgan fingerprint density at radius 1 is 0.581 bits per heavy atom. The fourth-order valence-corrected chi connectivity index (χ4v) is 4.41. The summed E-state index contributed by atoms with van der Waals surface area (Å²) in [6.07, 6.45) is 1.04. The summed E-state index contributed by atoms with van der Waals surface area (Å²) >= 11 is 0. The van der Waals surface area contributed by atoms with Gasteiger partial charge in [0.2, 0.25) is 0 Å². The zero-order valence-corrected chi connectivity index (χ0v) is 17.0. The summed E-state index contributed by atoms with van der Waals surface area (Å²) < 4.78 is 0. The lowest BCUT2D eigenvalue weighted by atomic mass is 9.77. The Hall–Kier alpha value is -3.98. The molecule has 0 unspecified atom stereocenters. The van der Waals surface area contributed by atoms with Crippen LogP contribution in [0.15, 0.2) is 91.0 Å². The van der Waals surface area contributed by atoms with Crippen molar-refractivity contribution in [1.82, 2.24) is 0 Å². The van der Waals surface area contributed by atoms with Gasteiger partial charge in [0.25, 0.3) is 0 Å². The quantitative estimate of drug-likeness (QED) is 0.418. The average Bonchev–Trinajstić information content (AvgIpc) is 2.80. The molecule has 0 heterocycles. The number of nitrogens with two attached hydrogens (primary N) is 1. The smallest absolute Gasteiger partial charge is 0.194 e. The first kappa shape index (κ1) is 19.0. The van der Waals surface area contributed by atoms with Crippen LogP contribution in [0.25, 0.3) is 0 Å². The maximum atomic E-state index is 13.6. The van der Waals surface area contributed by atoms with Crippen molar-refractivity contribution in [2.24, 2.45) is 0 Å². The van der Waals surface area contributed by atoms with Gasteiger partial charge in [-0.25, -0.2) is 0 Å². The lowest BCUT2D eigenvalue weighted by Gasteiger charge is -2.24. The predicted octanol–water partition coefficient (Wildman–Crippen LogP) is 5.23. The first-order valence-corrected chi connectivity index (χ1v) is 10.3. The third-order valence-electron chi connectivity index (χ3n) is 5.88. The SMILES string of the molecule is Nc1cc(Cc2ccccc2)c2c(c1Cc1ccccc1)C(=O)c1ccccc1C2=O. The first-order valence-electron chi connectivity index (χ1n) is 10.3. The summed E-state index contributed by atoms with van der Waals surface area (Å²) in [5.74, 6) is -0.233. The molecule has 150 valence electrons. The number of carbonyl (C=O) groups excluding carboxylic acids is 2. The minimum Gasteiger partial charge on any atom is -0.398 e. The molecule has 0 spiro atoms. The molecule has 0 saturated heterocycles. The molecule has 31 heavy (non-hydrogen) atoms. The van der Waals surface area contributed by atoms with Gasteiger partial charge in [0.15, 0.2) is 11.6 Å². The van der Waals surface area contributed by atoms with Gasteiger partial charge in [-0.05, 0) is 34.7 Å². The van der Waals surface area contributed by atoms with Crippen LogP contribution < -0.4 is 5.73 Å². The molecule has 4 aromatic rings. The Labute approximate surface area is 181 Å². The molecular weight excluding hydrogens is 382 g/mol. The third-order valence-corrected chi connectivity index (χ3v) is 5.88. The maximum absolute atomic E-state index is 13.6. The number of hydrogen-bond acceptors (Lipinski definition) is 3. The molecule has 0 atom stereocenters. The summed E-state index contributed by atoms with van der Waals surface area (Å²) in [5.41, 5.74) is 12.6. The van der Waals surface area contributed by atoms with E-state index in [9.17, 15) is 9.59 Å². The van der Waals surface area contributed by atoms with Gasteiger partial charge in [-0.1, -0.05) is 84.9 Å². The molecule has 2 N–H and O–H groups in total. The van der Waals surface area contributed by atoms with E-state index in [2.05, 4.69) is 0 Å². The normalized spacial score (nSPS) is 12.4. The minimum atomic E-state index is -0.127. The van der Waals surface area contributed by atoms with Crippen molar-refractivity contribution >= 4 is 17.3 Å². The highest BCUT2D eigenvalue weighted by atomic mass is 16.1. The largest absolute Gasteiger partial charge is 0.398 e. The van der Waals surface area contributed by atoms with Crippen LogP contribution in [0.4, 0.5) is 5.69 Å². The Kier molecular flexibility index (Phi) is 4.72. The lowest BCUT2D eigenvalue weighted by molar-refractivity contribution is 0.0978. The van der Waals surface area contributed by atoms with Gasteiger partial charge in [0.05, 0.1) is 0 Å². The zero-order chi connectivity index (χ0) is 21.4. The third kappa shape index (κ3) is 3.34. The topological polar surface area (TPSA) is 60.2 Å². The molecule has 3 nitrogen and oxygen atoms in total. The van der Waals surface area contributed by atoms with Crippen LogP contribution in [-0.4, -0.2) is 11.6 Å². The molecule has 3 heteroatoms. The van der Waals surface area contributed by atoms with Crippen LogP contribution >= 0.6 is 0 Å². The number of anilines is 1. The van der Waals surface area contributed by atoms with Crippen molar-refractivity contribution in [2.45, 2.75) is 12.8 Å². The molecule has 1 aliphatic rings. The second-order valence-electron chi connectivity index (χ2n) is 7.88. The maximum Gasteiger partial charge on any atom is 0.194 e. The van der Waals surface area contributed by atoms with Gasteiger partial charge in [-0.3, -0.25) is 9.59 Å². The van der Waals surface area contributed by atoms with E-state index in [0.717, 1.165) is 22.3 Å². The van der Waals surface area contributed by atoms with Gasteiger partial charge in [0, 0.05) is 34.4 Å². The molecule has 0 amide bonds. The van der Waals surface area contributed by atoms with Gasteiger partial charge < -0.3 is 5.73 Å². The minimum absolute atomic E-state index is 0.106. The fourth-order valence-electron chi connectivity index (χ4n) is 4.41. The predicted molar refractivity (Wildman–Crippen MR) is 123 cm³/mol. The standard InChI is InChI=1S/C28H21NO2/c29-24-17-20(15-18-9-3-1-4-10-18)25-26(23(24)16-19-11-5-2-6-12-19)28(31)22-14-8-7-13-21(22)27(25)30/h1-14,17H,15-16,29H2. The first-order chi connectivity index (χ1) is 15.1. The van der Waals surface area contributed by atoms with E-state index < -0.39 is 0 Å². The van der Waals surface area contributed by atoms with Crippen molar-refractivity contribution in [3.63, 3.8) is 0 Å². The number of carbonyl (C=O) groups is 2. The van der Waals surface area contributed by atoms with Crippen molar-refractivity contribution < 1.29 is 9.59 Å². The van der Waals surface area contributed by atoms with Crippen LogP contribution in [0.1, 0.15) is 54.1 Å². The number of fused-ring (bicyclic) bond motifs is 2. The summed E-state index contributed by atoms with van der Waals surface area (Å²) in [6, 6.07) is 28.8. The summed E-state index contributed by atoms with van der Waals surface area (Å²) in [7, 11) is 0. The van der Waals surface area contributed by atoms with Crippen LogP contribution in [0.5, 0.6) is 0 Å². The molecule has 5 rings (SSSR count). The Balaban J connectivity index is 1.73. The van der Waals surface area contributed by atoms with Gasteiger partial charge in [-0.2, -0.15) is 0 Å². The van der Waals surface area contributed by atoms with E-state index >= 15 is 0 Å². The Morgan fingerprint density at radius 3 is 1.65 bits per heavy atom. The molecule has 0 aliphatic heterocycles. The number of nitrogen functional groups attached to an aromatic ring is 1. The summed E-state index contributed by atoms with van der Waals surface area (Å²) in [5, 5.41) is 0. The van der Waals surface area contributed by atoms with Crippen molar-refractivity contribution in [2.75, 3.05) is 5.73 Å². The van der Waals surface area contributed by atoms with Gasteiger partial charge in [0.1, 0.15) is 0 Å². The number of rotatable bonds is 4. The molecule has 0 aromatic heterocycles. The molecular formula is C28H21NO2. The lowest BCUT2D eigenvalue weighted by Crippen LogP contribution is -2.25. The molecule has 1 aliphatic carbocycles. The molecule has 0 saturated carbocycles. The number of ketones is 2. The van der Waals surface area contributed by atoms with Crippen LogP contribution in [0.3, 0.4) is 0 Å². The Morgan fingerprint density at radius 2 is 1.06 bits per heavy atom. The van der Waals surface area contributed by atoms with Crippen LogP contribution in [-0.2, 0) is 12.8 Å². The second-order valence-corrected chi connectivity index (χ2v) is 7.88. The zero-order valence-electron chi connectivity index (χ0n) is 17.0.